The molecule has 4 heteroatoms. The van der Waals surface area contributed by atoms with Crippen LogP contribution in [-0.2, 0) is 6.54 Å². The van der Waals surface area contributed by atoms with Crippen LogP contribution in [0.4, 0.5) is 0 Å². The van der Waals surface area contributed by atoms with Crippen molar-refractivity contribution in [3.05, 3.63) is 28.2 Å². The zero-order valence-electron chi connectivity index (χ0n) is 14.8. The monoisotopic (exact) mass is 320 g/mol. The molecule has 0 atom stereocenters. The fourth-order valence-electron chi connectivity index (χ4n) is 3.49. The van der Waals surface area contributed by atoms with E-state index >= 15 is 0 Å². The number of pyridine rings is 1. The Kier molecular flexibility index (Phi) is 7.15. The van der Waals surface area contributed by atoms with Gasteiger partial charge in [-0.1, -0.05) is 39.5 Å². The van der Waals surface area contributed by atoms with Gasteiger partial charge in [-0.05, 0) is 38.8 Å². The van der Waals surface area contributed by atoms with Crippen molar-refractivity contribution in [1.82, 2.24) is 9.47 Å². The lowest BCUT2D eigenvalue weighted by Crippen LogP contribution is -2.29. The zero-order valence-corrected chi connectivity index (χ0v) is 14.8. The Bertz CT molecular complexity index is 525. The fraction of sp³-hybridized carbons (Fsp3) is 0.737. The second-order valence-corrected chi connectivity index (χ2v) is 6.84. The summed E-state index contributed by atoms with van der Waals surface area (Å²) in [5, 5.41) is 9.85. The van der Waals surface area contributed by atoms with Crippen molar-refractivity contribution in [2.45, 2.75) is 77.8 Å². The highest BCUT2D eigenvalue weighted by Gasteiger charge is 2.20. The molecule has 0 amide bonds. The first kappa shape index (κ1) is 18.1. The summed E-state index contributed by atoms with van der Waals surface area (Å²) in [6, 6.07) is 2.09. The largest absolute Gasteiger partial charge is 0.503 e. The maximum Gasteiger partial charge on any atom is 0.223 e. The van der Waals surface area contributed by atoms with Crippen molar-refractivity contribution in [3.8, 4) is 5.75 Å². The SMILES string of the molecule is CCCCN(CCCC)Cc1cc(=O)c(O)cn1C1CCCC1. The van der Waals surface area contributed by atoms with Crippen LogP contribution in [-0.4, -0.2) is 27.7 Å². The highest BCUT2D eigenvalue weighted by molar-refractivity contribution is 5.21. The van der Waals surface area contributed by atoms with Crippen LogP contribution in [0.15, 0.2) is 17.1 Å². The van der Waals surface area contributed by atoms with Crippen molar-refractivity contribution in [2.75, 3.05) is 13.1 Å². The summed E-state index contributed by atoms with van der Waals surface area (Å²) in [6.45, 7) is 7.40. The first-order valence-corrected chi connectivity index (χ1v) is 9.32. The average Bonchev–Trinajstić information content (AvgIpc) is 3.07. The van der Waals surface area contributed by atoms with Gasteiger partial charge in [-0.3, -0.25) is 9.69 Å². The number of rotatable bonds is 9. The van der Waals surface area contributed by atoms with Crippen LogP contribution in [0.2, 0.25) is 0 Å². The molecular formula is C19H32N2O2. The lowest BCUT2D eigenvalue weighted by molar-refractivity contribution is 0.246. The van der Waals surface area contributed by atoms with Crippen LogP contribution < -0.4 is 5.43 Å². The van der Waals surface area contributed by atoms with Gasteiger partial charge in [0.25, 0.3) is 0 Å². The second kappa shape index (κ2) is 9.11. The van der Waals surface area contributed by atoms with E-state index in [0.29, 0.717) is 6.04 Å². The third-order valence-electron chi connectivity index (χ3n) is 4.90. The number of unbranched alkanes of at least 4 members (excludes halogenated alkanes) is 2. The van der Waals surface area contributed by atoms with Crippen LogP contribution in [0.3, 0.4) is 0 Å². The number of nitrogens with zero attached hydrogens (tertiary/aromatic N) is 2. The molecule has 23 heavy (non-hydrogen) atoms. The minimum atomic E-state index is -0.250. The summed E-state index contributed by atoms with van der Waals surface area (Å²) < 4.78 is 2.18. The van der Waals surface area contributed by atoms with E-state index < -0.39 is 0 Å². The Balaban J connectivity index is 2.20. The Morgan fingerprint density at radius 3 is 2.35 bits per heavy atom. The van der Waals surface area contributed by atoms with Gasteiger partial charge in [-0.25, -0.2) is 0 Å². The van der Waals surface area contributed by atoms with Gasteiger partial charge in [0.05, 0.1) is 6.20 Å². The standard InChI is InChI=1S/C19H32N2O2/c1-3-5-11-20(12-6-4-2)14-17-13-18(22)19(23)15-21(17)16-9-7-8-10-16/h13,15-16,23H,3-12,14H2,1-2H3. The molecule has 1 aromatic heterocycles. The quantitative estimate of drug-likeness (QED) is 0.746. The Morgan fingerprint density at radius 1 is 1.17 bits per heavy atom. The molecular weight excluding hydrogens is 288 g/mol. The predicted octanol–water partition coefficient (Wildman–Crippen LogP) is 4.07. The molecule has 1 saturated carbocycles. The van der Waals surface area contributed by atoms with Gasteiger partial charge in [0, 0.05) is 24.3 Å². The average molecular weight is 320 g/mol. The molecule has 0 bridgehead atoms. The van der Waals surface area contributed by atoms with Crippen molar-refractivity contribution >= 4 is 0 Å². The molecule has 1 aliphatic carbocycles. The van der Waals surface area contributed by atoms with Crippen molar-refractivity contribution in [3.63, 3.8) is 0 Å². The van der Waals surface area contributed by atoms with E-state index in [0.717, 1.165) is 38.2 Å². The van der Waals surface area contributed by atoms with Gasteiger partial charge in [-0.2, -0.15) is 0 Å². The summed E-state index contributed by atoms with van der Waals surface area (Å²) in [6.07, 6.45) is 11.2. The van der Waals surface area contributed by atoms with Crippen molar-refractivity contribution < 1.29 is 5.11 Å². The van der Waals surface area contributed by atoms with Crippen LogP contribution in [0.25, 0.3) is 0 Å². The molecule has 1 aromatic rings. The lowest BCUT2D eigenvalue weighted by atomic mass is 10.2. The molecule has 0 aromatic carbocycles. The first-order valence-electron chi connectivity index (χ1n) is 9.32. The van der Waals surface area contributed by atoms with Crippen molar-refractivity contribution in [2.24, 2.45) is 0 Å². The zero-order chi connectivity index (χ0) is 16.7. The third-order valence-corrected chi connectivity index (χ3v) is 4.90. The maximum atomic E-state index is 11.9. The molecule has 0 radical (unpaired) electrons. The van der Waals surface area contributed by atoms with Gasteiger partial charge < -0.3 is 9.67 Å². The summed E-state index contributed by atoms with van der Waals surface area (Å²) in [4.78, 5) is 14.4. The van der Waals surface area contributed by atoms with E-state index in [1.165, 1.54) is 38.5 Å². The smallest absolute Gasteiger partial charge is 0.223 e. The highest BCUT2D eigenvalue weighted by Crippen LogP contribution is 2.31. The Labute approximate surface area is 140 Å². The maximum absolute atomic E-state index is 11.9. The summed E-state index contributed by atoms with van der Waals surface area (Å²) >= 11 is 0. The molecule has 2 rings (SSSR count). The molecule has 0 spiro atoms. The molecule has 4 nitrogen and oxygen atoms in total. The molecule has 130 valence electrons. The van der Waals surface area contributed by atoms with Gasteiger partial charge in [-0.15, -0.1) is 0 Å². The van der Waals surface area contributed by atoms with Crippen LogP contribution in [0.1, 0.15) is 76.9 Å². The summed E-state index contributed by atoms with van der Waals surface area (Å²) in [5.41, 5.74) is 0.812. The van der Waals surface area contributed by atoms with E-state index in [-0.39, 0.29) is 11.2 Å². The van der Waals surface area contributed by atoms with Crippen LogP contribution in [0.5, 0.6) is 5.75 Å². The predicted molar refractivity (Wildman–Crippen MR) is 95.0 cm³/mol. The summed E-state index contributed by atoms with van der Waals surface area (Å²) in [7, 11) is 0. The van der Waals surface area contributed by atoms with Crippen LogP contribution >= 0.6 is 0 Å². The number of hydrogen-bond donors (Lipinski definition) is 1. The third kappa shape index (κ3) is 5.10. The topological polar surface area (TPSA) is 45.5 Å². The number of aromatic nitrogens is 1. The van der Waals surface area contributed by atoms with Crippen LogP contribution in [0, 0.1) is 0 Å². The number of aromatic hydroxyl groups is 1. The van der Waals surface area contributed by atoms with Gasteiger partial charge in [0.2, 0.25) is 5.43 Å². The van der Waals surface area contributed by atoms with Gasteiger partial charge >= 0.3 is 0 Å². The van der Waals surface area contributed by atoms with E-state index in [9.17, 15) is 9.90 Å². The van der Waals surface area contributed by atoms with Gasteiger partial charge in [0.1, 0.15) is 0 Å². The molecule has 1 fully saturated rings. The normalized spacial score (nSPS) is 15.6. The fourth-order valence-corrected chi connectivity index (χ4v) is 3.49. The Hall–Kier alpha value is -1.29. The number of hydrogen-bond acceptors (Lipinski definition) is 3. The van der Waals surface area contributed by atoms with Crippen molar-refractivity contribution in [1.29, 1.82) is 0 Å². The van der Waals surface area contributed by atoms with E-state index in [1.54, 1.807) is 12.3 Å². The molecule has 0 aliphatic heterocycles. The Morgan fingerprint density at radius 2 is 1.78 bits per heavy atom. The van der Waals surface area contributed by atoms with E-state index in [2.05, 4.69) is 23.3 Å². The second-order valence-electron chi connectivity index (χ2n) is 6.84. The lowest BCUT2D eigenvalue weighted by Gasteiger charge is -2.26. The minimum absolute atomic E-state index is 0.116. The van der Waals surface area contributed by atoms with E-state index in [4.69, 9.17) is 0 Å². The highest BCUT2D eigenvalue weighted by atomic mass is 16.3. The van der Waals surface area contributed by atoms with E-state index in [1.807, 2.05) is 0 Å². The summed E-state index contributed by atoms with van der Waals surface area (Å²) in [5.74, 6) is -0.116. The first-order chi connectivity index (χ1) is 11.2. The molecule has 1 N–H and O–H groups in total. The minimum Gasteiger partial charge on any atom is -0.503 e. The molecule has 1 aliphatic rings. The van der Waals surface area contributed by atoms with Gasteiger partial charge in [0.15, 0.2) is 5.75 Å². The molecule has 0 unspecified atom stereocenters. The molecule has 1 heterocycles. The molecule has 0 saturated heterocycles.